The van der Waals surface area contributed by atoms with Gasteiger partial charge in [-0.05, 0) is 60.7 Å². The highest BCUT2D eigenvalue weighted by molar-refractivity contribution is 5.85. The molecule has 0 aliphatic carbocycles. The van der Waals surface area contributed by atoms with E-state index in [2.05, 4.69) is 64.3 Å². The maximum atomic E-state index is 5.83. The molecule has 3 heterocycles. The van der Waals surface area contributed by atoms with Crippen LogP contribution in [0, 0.1) is 13.8 Å². The average Bonchev–Trinajstić information content (AvgIpc) is 3.44. The molecule has 0 radical (unpaired) electrons. The zero-order valence-corrected chi connectivity index (χ0v) is 20.0. The summed E-state index contributed by atoms with van der Waals surface area (Å²) in [5, 5.41) is 12.8. The predicted molar refractivity (Wildman–Crippen MR) is 126 cm³/mol. The first-order chi connectivity index (χ1) is 14.7. The number of hydrogen-bond acceptors (Lipinski definition) is 6. The SMILES string of the molecule is CCCCC(c1nnnn1CC1CCCO1)N1CCN(c2cc(C)ccc2C)CC1.Cl. The Bertz CT molecular complexity index is 814. The fourth-order valence-electron chi connectivity index (χ4n) is 4.77. The lowest BCUT2D eigenvalue weighted by Crippen LogP contribution is -2.48. The van der Waals surface area contributed by atoms with Gasteiger partial charge in [0.25, 0.3) is 0 Å². The molecule has 0 saturated carbocycles. The van der Waals surface area contributed by atoms with E-state index in [0.717, 1.165) is 64.4 Å². The van der Waals surface area contributed by atoms with Crippen LogP contribution < -0.4 is 4.90 Å². The number of aryl methyl sites for hydroxylation is 2. The number of halogens is 1. The van der Waals surface area contributed by atoms with Gasteiger partial charge in [-0.3, -0.25) is 4.90 Å². The second kappa shape index (κ2) is 11.2. The molecule has 2 saturated heterocycles. The van der Waals surface area contributed by atoms with Crippen molar-refractivity contribution in [2.75, 3.05) is 37.7 Å². The number of tetrazole rings is 1. The largest absolute Gasteiger partial charge is 0.376 e. The van der Waals surface area contributed by atoms with Gasteiger partial charge in [-0.1, -0.05) is 31.9 Å². The second-order valence-electron chi connectivity index (χ2n) is 8.83. The van der Waals surface area contributed by atoms with Crippen molar-refractivity contribution in [3.8, 4) is 0 Å². The molecule has 31 heavy (non-hydrogen) atoms. The van der Waals surface area contributed by atoms with Gasteiger partial charge in [0.2, 0.25) is 0 Å². The van der Waals surface area contributed by atoms with Crippen LogP contribution in [0.1, 0.15) is 62.0 Å². The summed E-state index contributed by atoms with van der Waals surface area (Å²) in [6, 6.07) is 7.04. The average molecular weight is 449 g/mol. The molecule has 2 aliphatic heterocycles. The topological polar surface area (TPSA) is 59.3 Å². The van der Waals surface area contributed by atoms with Gasteiger partial charge in [0, 0.05) is 38.5 Å². The van der Waals surface area contributed by atoms with Crippen molar-refractivity contribution in [1.82, 2.24) is 25.1 Å². The zero-order valence-electron chi connectivity index (χ0n) is 19.2. The lowest BCUT2D eigenvalue weighted by Gasteiger charge is -2.40. The number of piperazine rings is 1. The normalized spacial score (nSPS) is 20.6. The van der Waals surface area contributed by atoms with E-state index in [9.17, 15) is 0 Å². The van der Waals surface area contributed by atoms with Crippen molar-refractivity contribution in [2.45, 2.75) is 71.6 Å². The van der Waals surface area contributed by atoms with Crippen molar-refractivity contribution in [3.05, 3.63) is 35.2 Å². The van der Waals surface area contributed by atoms with Crippen molar-refractivity contribution in [3.63, 3.8) is 0 Å². The molecule has 2 unspecified atom stereocenters. The highest BCUT2D eigenvalue weighted by atomic mass is 35.5. The summed E-state index contributed by atoms with van der Waals surface area (Å²) in [5.74, 6) is 1.01. The standard InChI is InChI=1S/C23H36N6O.ClH/c1-4-5-8-21(23-24-25-26-29(23)17-20-7-6-15-30-20)27-11-13-28(14-12-27)22-16-18(2)9-10-19(22)3;/h9-10,16,20-21H,4-8,11-15,17H2,1-3H3;1H. The van der Waals surface area contributed by atoms with E-state index < -0.39 is 0 Å². The van der Waals surface area contributed by atoms with E-state index in [1.54, 1.807) is 0 Å². The van der Waals surface area contributed by atoms with E-state index in [0.29, 0.717) is 0 Å². The van der Waals surface area contributed by atoms with Crippen LogP contribution in [-0.4, -0.2) is 64.0 Å². The summed E-state index contributed by atoms with van der Waals surface area (Å²) < 4.78 is 7.84. The van der Waals surface area contributed by atoms with Crippen LogP contribution in [-0.2, 0) is 11.3 Å². The summed E-state index contributed by atoms with van der Waals surface area (Å²) in [6.45, 7) is 12.4. The number of anilines is 1. The maximum absolute atomic E-state index is 5.83. The van der Waals surface area contributed by atoms with E-state index in [-0.39, 0.29) is 24.6 Å². The number of unbranched alkanes of at least 4 members (excludes halogenated alkanes) is 1. The molecule has 0 spiro atoms. The summed E-state index contributed by atoms with van der Waals surface area (Å²) in [4.78, 5) is 5.13. The fourth-order valence-corrected chi connectivity index (χ4v) is 4.77. The van der Waals surface area contributed by atoms with Gasteiger partial charge in [0.1, 0.15) is 0 Å². The van der Waals surface area contributed by atoms with Gasteiger partial charge >= 0.3 is 0 Å². The van der Waals surface area contributed by atoms with Crippen LogP contribution in [0.15, 0.2) is 18.2 Å². The number of ether oxygens (including phenoxy) is 1. The van der Waals surface area contributed by atoms with Crippen molar-refractivity contribution in [1.29, 1.82) is 0 Å². The molecule has 2 atom stereocenters. The van der Waals surface area contributed by atoms with Gasteiger partial charge in [-0.2, -0.15) is 0 Å². The Morgan fingerprint density at radius 1 is 1.16 bits per heavy atom. The first kappa shape index (κ1) is 24.0. The number of aromatic nitrogens is 4. The van der Waals surface area contributed by atoms with E-state index in [1.807, 2.05) is 4.68 Å². The van der Waals surface area contributed by atoms with E-state index in [4.69, 9.17) is 4.74 Å². The second-order valence-corrected chi connectivity index (χ2v) is 8.83. The van der Waals surface area contributed by atoms with Crippen LogP contribution in [0.2, 0.25) is 0 Å². The molecule has 0 N–H and O–H groups in total. The molecular formula is C23H37ClN6O. The number of nitrogens with zero attached hydrogens (tertiary/aromatic N) is 6. The van der Waals surface area contributed by atoms with Crippen molar-refractivity contribution >= 4 is 18.1 Å². The number of benzene rings is 1. The van der Waals surface area contributed by atoms with Crippen LogP contribution in [0.3, 0.4) is 0 Å². The maximum Gasteiger partial charge on any atom is 0.168 e. The van der Waals surface area contributed by atoms with Crippen LogP contribution in [0.4, 0.5) is 5.69 Å². The minimum Gasteiger partial charge on any atom is -0.376 e. The predicted octanol–water partition coefficient (Wildman–Crippen LogP) is 3.94. The minimum atomic E-state index is 0. The third-order valence-electron chi connectivity index (χ3n) is 6.55. The van der Waals surface area contributed by atoms with Crippen LogP contribution in [0.25, 0.3) is 0 Å². The lowest BCUT2D eigenvalue weighted by molar-refractivity contribution is 0.0890. The molecule has 0 bridgehead atoms. The molecular weight excluding hydrogens is 412 g/mol. The summed E-state index contributed by atoms with van der Waals surface area (Å²) in [5.41, 5.74) is 4.06. The van der Waals surface area contributed by atoms with Gasteiger partial charge in [-0.15, -0.1) is 17.5 Å². The molecule has 0 amide bonds. The Labute approximate surface area is 192 Å². The molecule has 8 heteroatoms. The first-order valence-electron chi connectivity index (χ1n) is 11.6. The number of rotatable bonds is 8. The Morgan fingerprint density at radius 2 is 1.97 bits per heavy atom. The highest BCUT2D eigenvalue weighted by Gasteiger charge is 2.30. The van der Waals surface area contributed by atoms with E-state index in [1.165, 1.54) is 29.7 Å². The molecule has 2 aliphatic rings. The monoisotopic (exact) mass is 448 g/mol. The van der Waals surface area contributed by atoms with Gasteiger partial charge < -0.3 is 9.64 Å². The van der Waals surface area contributed by atoms with Crippen molar-refractivity contribution in [2.24, 2.45) is 0 Å². The third-order valence-corrected chi connectivity index (χ3v) is 6.55. The summed E-state index contributed by atoms with van der Waals surface area (Å²) >= 11 is 0. The Hall–Kier alpha value is -1.70. The summed E-state index contributed by atoms with van der Waals surface area (Å²) in [6.07, 6.45) is 5.97. The van der Waals surface area contributed by atoms with Crippen molar-refractivity contribution < 1.29 is 4.74 Å². The highest BCUT2D eigenvalue weighted by Crippen LogP contribution is 2.29. The Morgan fingerprint density at radius 3 is 2.68 bits per heavy atom. The van der Waals surface area contributed by atoms with Gasteiger partial charge in [-0.25, -0.2) is 4.68 Å². The molecule has 2 fully saturated rings. The lowest BCUT2D eigenvalue weighted by atomic mass is 10.0. The fraction of sp³-hybridized carbons (Fsp3) is 0.696. The Balaban J connectivity index is 0.00000272. The third kappa shape index (κ3) is 5.76. The quantitative estimate of drug-likeness (QED) is 0.609. The molecule has 172 valence electrons. The van der Waals surface area contributed by atoms with Gasteiger partial charge in [0.15, 0.2) is 5.82 Å². The van der Waals surface area contributed by atoms with Crippen LogP contribution in [0.5, 0.6) is 0 Å². The molecule has 7 nitrogen and oxygen atoms in total. The molecule has 2 aromatic rings. The van der Waals surface area contributed by atoms with Gasteiger partial charge in [0.05, 0.1) is 18.7 Å². The molecule has 1 aromatic heterocycles. The smallest absolute Gasteiger partial charge is 0.168 e. The number of hydrogen-bond donors (Lipinski definition) is 0. The zero-order chi connectivity index (χ0) is 20.9. The van der Waals surface area contributed by atoms with E-state index >= 15 is 0 Å². The first-order valence-corrected chi connectivity index (χ1v) is 11.6. The van der Waals surface area contributed by atoms with Crippen LogP contribution >= 0.6 is 12.4 Å². The summed E-state index contributed by atoms with van der Waals surface area (Å²) in [7, 11) is 0. The molecule has 1 aromatic carbocycles. The minimum absolute atomic E-state index is 0. The molecule has 4 rings (SSSR count). The Kier molecular flexibility index (Phi) is 8.69.